The number of hydrogen-bond donors (Lipinski definition) is 1. The Bertz CT molecular complexity index is 634. The van der Waals surface area contributed by atoms with Gasteiger partial charge in [0, 0.05) is 0 Å². The minimum absolute atomic E-state index is 0.118. The molecule has 2 atom stereocenters. The Morgan fingerprint density at radius 2 is 1.67 bits per heavy atom. The fourth-order valence-electron chi connectivity index (χ4n) is 2.59. The summed E-state index contributed by atoms with van der Waals surface area (Å²) >= 11 is 0. The number of carbonyl (C=O) groups excluding carboxylic acids is 2. The van der Waals surface area contributed by atoms with Crippen molar-refractivity contribution in [1.82, 2.24) is 4.90 Å². The number of amides is 2. The number of halogens is 2. The second-order valence-corrected chi connectivity index (χ2v) is 4.84. The predicted octanol–water partition coefficient (Wildman–Crippen LogP) is 0.660. The summed E-state index contributed by atoms with van der Waals surface area (Å²) in [5.41, 5.74) is -0.537. The monoisotopic (exact) mass is 297 g/mol. The first-order valence-corrected chi connectivity index (χ1v) is 6.09. The van der Waals surface area contributed by atoms with Crippen LogP contribution in [0.15, 0.2) is 12.1 Å². The smallest absolute Gasteiger partial charge is 0.311 e. The molecule has 1 fully saturated rings. The molecule has 0 spiro atoms. The first-order chi connectivity index (χ1) is 9.91. The highest BCUT2D eigenvalue weighted by Gasteiger charge is 2.47. The maximum Gasteiger partial charge on any atom is 0.311 e. The zero-order chi connectivity index (χ0) is 15.3. The van der Waals surface area contributed by atoms with Crippen LogP contribution < -0.4 is 0 Å². The number of imide groups is 1. The number of carboxylic acid groups (broad SMARTS) is 1. The van der Waals surface area contributed by atoms with Gasteiger partial charge >= 0.3 is 5.97 Å². The Balaban J connectivity index is 2.02. The van der Waals surface area contributed by atoms with Gasteiger partial charge < -0.3 is 9.84 Å². The molecule has 2 aliphatic rings. The highest BCUT2D eigenvalue weighted by atomic mass is 19.2. The first-order valence-electron chi connectivity index (χ1n) is 6.09. The average Bonchev–Trinajstić information content (AvgIpc) is 2.97. The van der Waals surface area contributed by atoms with E-state index >= 15 is 0 Å². The van der Waals surface area contributed by atoms with Gasteiger partial charge in [0.25, 0.3) is 11.8 Å². The van der Waals surface area contributed by atoms with Crippen LogP contribution in [0.3, 0.4) is 0 Å². The zero-order valence-corrected chi connectivity index (χ0v) is 10.5. The van der Waals surface area contributed by atoms with Gasteiger partial charge in [-0.15, -0.1) is 0 Å². The summed E-state index contributed by atoms with van der Waals surface area (Å²) in [5.74, 6) is -6.41. The van der Waals surface area contributed by atoms with Gasteiger partial charge in [-0.25, -0.2) is 8.78 Å². The third-order valence-electron chi connectivity index (χ3n) is 3.66. The van der Waals surface area contributed by atoms with Crippen LogP contribution in [0.4, 0.5) is 8.78 Å². The molecule has 2 amide bonds. The Labute approximate surface area is 116 Å². The molecule has 2 aliphatic heterocycles. The lowest BCUT2D eigenvalue weighted by molar-refractivity contribution is -0.142. The second kappa shape index (κ2) is 4.59. The number of carboxylic acids is 1. The number of ether oxygens (including phenoxy) is 1. The number of nitrogens with zero attached hydrogens (tertiary/aromatic N) is 1. The molecule has 1 aromatic rings. The molecule has 0 radical (unpaired) electrons. The van der Waals surface area contributed by atoms with Crippen LogP contribution in [0.2, 0.25) is 0 Å². The van der Waals surface area contributed by atoms with Crippen LogP contribution >= 0.6 is 0 Å². The van der Waals surface area contributed by atoms with Gasteiger partial charge in [0.1, 0.15) is 5.92 Å². The summed E-state index contributed by atoms with van der Waals surface area (Å²) in [6.45, 7) is -0.247. The molecule has 2 unspecified atom stereocenters. The zero-order valence-electron chi connectivity index (χ0n) is 10.5. The van der Waals surface area contributed by atoms with Crippen molar-refractivity contribution in [2.24, 2.45) is 5.92 Å². The molecule has 1 saturated heterocycles. The molecule has 21 heavy (non-hydrogen) atoms. The van der Waals surface area contributed by atoms with Crippen molar-refractivity contribution in [2.45, 2.75) is 6.04 Å². The summed E-state index contributed by atoms with van der Waals surface area (Å²) in [6, 6.07) is 0.313. The maximum atomic E-state index is 13.2. The molecule has 0 bridgehead atoms. The number of benzene rings is 1. The van der Waals surface area contributed by atoms with E-state index in [1.807, 2.05) is 0 Å². The fraction of sp³-hybridized carbons (Fsp3) is 0.308. The van der Waals surface area contributed by atoms with Gasteiger partial charge in [-0.2, -0.15) is 0 Å². The maximum absolute atomic E-state index is 13.2. The molecule has 6 nitrogen and oxygen atoms in total. The molecule has 1 aromatic carbocycles. The summed E-state index contributed by atoms with van der Waals surface area (Å²) in [4.78, 5) is 36.2. The van der Waals surface area contributed by atoms with Crippen molar-refractivity contribution >= 4 is 17.8 Å². The van der Waals surface area contributed by atoms with Crippen LogP contribution in [-0.4, -0.2) is 47.0 Å². The highest BCUT2D eigenvalue weighted by molar-refractivity contribution is 6.21. The number of carbonyl (C=O) groups is 3. The molecule has 8 heteroatoms. The van der Waals surface area contributed by atoms with E-state index in [9.17, 15) is 23.2 Å². The Morgan fingerprint density at radius 3 is 2.14 bits per heavy atom. The average molecular weight is 297 g/mol. The number of hydrogen-bond acceptors (Lipinski definition) is 4. The van der Waals surface area contributed by atoms with Gasteiger partial charge in [0.2, 0.25) is 0 Å². The lowest BCUT2D eigenvalue weighted by Crippen LogP contribution is -2.46. The van der Waals surface area contributed by atoms with Gasteiger partial charge in [0.15, 0.2) is 11.6 Å². The first kappa shape index (κ1) is 13.6. The van der Waals surface area contributed by atoms with Crippen molar-refractivity contribution in [3.8, 4) is 0 Å². The molecule has 110 valence electrons. The summed E-state index contributed by atoms with van der Waals surface area (Å²) in [7, 11) is 0. The topological polar surface area (TPSA) is 83.9 Å². The number of rotatable bonds is 2. The van der Waals surface area contributed by atoms with Gasteiger partial charge in [-0.1, -0.05) is 0 Å². The van der Waals surface area contributed by atoms with E-state index in [-0.39, 0.29) is 24.3 Å². The SMILES string of the molecule is O=C(O)C1COCC1N1C(=O)c2cc(F)c(F)cc2C1=O. The van der Waals surface area contributed by atoms with E-state index in [1.165, 1.54) is 0 Å². The van der Waals surface area contributed by atoms with Crippen LogP contribution in [0.25, 0.3) is 0 Å². The molecule has 1 N–H and O–H groups in total. The minimum Gasteiger partial charge on any atom is -0.481 e. The van der Waals surface area contributed by atoms with Crippen molar-refractivity contribution in [2.75, 3.05) is 13.2 Å². The Morgan fingerprint density at radius 1 is 1.14 bits per heavy atom. The molecule has 0 saturated carbocycles. The van der Waals surface area contributed by atoms with Crippen molar-refractivity contribution in [1.29, 1.82) is 0 Å². The molecular formula is C13H9F2NO5. The van der Waals surface area contributed by atoms with Crippen molar-refractivity contribution in [3.05, 3.63) is 34.9 Å². The van der Waals surface area contributed by atoms with Crippen LogP contribution in [0.1, 0.15) is 20.7 Å². The summed E-state index contributed by atoms with van der Waals surface area (Å²) in [6.07, 6.45) is 0. The Hall–Kier alpha value is -2.35. The van der Waals surface area contributed by atoms with Crippen molar-refractivity contribution in [3.63, 3.8) is 0 Å². The number of fused-ring (bicyclic) bond motifs is 1. The Kier molecular flexibility index (Phi) is 2.98. The third kappa shape index (κ3) is 1.90. The highest BCUT2D eigenvalue weighted by Crippen LogP contribution is 2.31. The quantitative estimate of drug-likeness (QED) is 0.811. The molecule has 0 aliphatic carbocycles. The largest absolute Gasteiger partial charge is 0.481 e. The second-order valence-electron chi connectivity index (χ2n) is 4.84. The van der Waals surface area contributed by atoms with Crippen LogP contribution in [0, 0.1) is 17.6 Å². The van der Waals surface area contributed by atoms with Crippen LogP contribution in [-0.2, 0) is 9.53 Å². The molecule has 3 rings (SSSR count). The van der Waals surface area contributed by atoms with Gasteiger partial charge in [-0.05, 0) is 12.1 Å². The van der Waals surface area contributed by atoms with Gasteiger partial charge in [0.05, 0.1) is 30.4 Å². The predicted molar refractivity (Wildman–Crippen MR) is 62.6 cm³/mol. The lowest BCUT2D eigenvalue weighted by Gasteiger charge is -2.23. The summed E-state index contributed by atoms with van der Waals surface area (Å²) in [5, 5.41) is 9.07. The van der Waals surface area contributed by atoms with E-state index < -0.39 is 41.4 Å². The lowest BCUT2D eigenvalue weighted by atomic mass is 10.0. The summed E-state index contributed by atoms with van der Waals surface area (Å²) < 4.78 is 31.4. The molecule has 2 heterocycles. The minimum atomic E-state index is -1.24. The fourth-order valence-corrected chi connectivity index (χ4v) is 2.59. The van der Waals surface area contributed by atoms with Crippen molar-refractivity contribution < 1.29 is 33.0 Å². The van der Waals surface area contributed by atoms with Crippen LogP contribution in [0.5, 0.6) is 0 Å². The molecule has 0 aromatic heterocycles. The van der Waals surface area contributed by atoms with E-state index in [2.05, 4.69) is 0 Å². The third-order valence-corrected chi connectivity index (χ3v) is 3.66. The number of aliphatic carboxylic acids is 1. The standard InChI is InChI=1S/C13H9F2NO5/c14-8-1-5-6(2-9(8)15)12(18)16(11(5)17)10-4-21-3-7(10)13(19)20/h1-2,7,10H,3-4H2,(H,19,20). The normalized spacial score (nSPS) is 24.6. The van der Waals surface area contributed by atoms with E-state index in [1.54, 1.807) is 0 Å². The van der Waals surface area contributed by atoms with E-state index in [4.69, 9.17) is 9.84 Å². The van der Waals surface area contributed by atoms with Gasteiger partial charge in [-0.3, -0.25) is 19.3 Å². The van der Waals surface area contributed by atoms with E-state index in [0.29, 0.717) is 12.1 Å². The van der Waals surface area contributed by atoms with E-state index in [0.717, 1.165) is 4.90 Å². The molecular weight excluding hydrogens is 288 g/mol.